The third kappa shape index (κ3) is 4.19. The summed E-state index contributed by atoms with van der Waals surface area (Å²) in [6, 6.07) is 6.25. The molecule has 1 aromatic carbocycles. The van der Waals surface area contributed by atoms with Gasteiger partial charge in [0.15, 0.2) is 0 Å². The van der Waals surface area contributed by atoms with E-state index in [1.54, 1.807) is 7.11 Å². The number of methoxy groups -OCH3 is 1. The topological polar surface area (TPSA) is 56.5 Å². The maximum absolute atomic E-state index is 5.69. The van der Waals surface area contributed by atoms with Crippen LogP contribution in [0.2, 0.25) is 0 Å². The van der Waals surface area contributed by atoms with Crippen molar-refractivity contribution in [2.75, 3.05) is 13.7 Å². The number of halogens is 1. The third-order valence-corrected chi connectivity index (χ3v) is 4.44. The van der Waals surface area contributed by atoms with Crippen LogP contribution < -0.4 is 16.0 Å². The Kier molecular flexibility index (Phi) is 6.29. The quantitative estimate of drug-likeness (QED) is 0.589. The number of benzene rings is 1. The molecule has 1 heterocycles. The van der Waals surface area contributed by atoms with E-state index < -0.39 is 0 Å². The molecule has 2 unspecified atom stereocenters. The number of nitrogens with one attached hydrogen (secondary N) is 1. The first-order chi connectivity index (χ1) is 9.74. The van der Waals surface area contributed by atoms with Crippen LogP contribution in [0.1, 0.15) is 43.7 Å². The fourth-order valence-electron chi connectivity index (χ4n) is 2.67. The van der Waals surface area contributed by atoms with Crippen molar-refractivity contribution in [3.63, 3.8) is 0 Å². The van der Waals surface area contributed by atoms with E-state index in [1.807, 2.05) is 6.07 Å². The first-order valence-electron chi connectivity index (χ1n) is 7.15. The maximum atomic E-state index is 5.69. The van der Waals surface area contributed by atoms with Gasteiger partial charge in [0.25, 0.3) is 0 Å². The molecule has 3 N–H and O–H groups in total. The fraction of sp³-hybridized carbons (Fsp3) is 0.600. The van der Waals surface area contributed by atoms with Gasteiger partial charge in [0.1, 0.15) is 5.75 Å². The lowest BCUT2D eigenvalue weighted by molar-refractivity contribution is 0.101. The molecule has 1 aliphatic heterocycles. The minimum atomic E-state index is 0.165. The van der Waals surface area contributed by atoms with Gasteiger partial charge < -0.3 is 9.47 Å². The molecule has 20 heavy (non-hydrogen) atoms. The standard InChI is InChI=1S/C15H23BrN2O2/c1-19-15-8-7-11(10-13(15)16)14(18-17)6-2-4-12-5-3-9-20-12/h7-8,10,12,14,18H,2-6,9,17H2,1H3. The Morgan fingerprint density at radius 3 is 3.00 bits per heavy atom. The summed E-state index contributed by atoms with van der Waals surface area (Å²) in [7, 11) is 1.67. The van der Waals surface area contributed by atoms with Gasteiger partial charge in [0.2, 0.25) is 0 Å². The van der Waals surface area contributed by atoms with E-state index in [9.17, 15) is 0 Å². The van der Waals surface area contributed by atoms with E-state index in [1.165, 1.54) is 18.4 Å². The molecular formula is C15H23BrN2O2. The molecule has 2 rings (SSSR count). The van der Waals surface area contributed by atoms with Gasteiger partial charge in [-0.15, -0.1) is 0 Å². The van der Waals surface area contributed by atoms with Crippen molar-refractivity contribution < 1.29 is 9.47 Å². The van der Waals surface area contributed by atoms with Gasteiger partial charge in [0, 0.05) is 12.6 Å². The lowest BCUT2D eigenvalue weighted by Crippen LogP contribution is -2.28. The molecule has 1 fully saturated rings. The maximum Gasteiger partial charge on any atom is 0.133 e. The summed E-state index contributed by atoms with van der Waals surface area (Å²) < 4.78 is 11.9. The van der Waals surface area contributed by atoms with Crippen LogP contribution in [-0.4, -0.2) is 19.8 Å². The van der Waals surface area contributed by atoms with E-state index in [2.05, 4.69) is 33.5 Å². The highest BCUT2D eigenvalue weighted by molar-refractivity contribution is 9.10. The molecule has 0 aromatic heterocycles. The predicted molar refractivity (Wildman–Crippen MR) is 83.6 cm³/mol. The van der Waals surface area contributed by atoms with Crippen LogP contribution in [0, 0.1) is 0 Å². The SMILES string of the molecule is COc1ccc(C(CCCC2CCCO2)NN)cc1Br. The number of rotatable bonds is 7. The van der Waals surface area contributed by atoms with Gasteiger partial charge in [0.05, 0.1) is 17.7 Å². The van der Waals surface area contributed by atoms with Crippen LogP contribution in [0.4, 0.5) is 0 Å². The van der Waals surface area contributed by atoms with Crippen LogP contribution in [0.3, 0.4) is 0 Å². The lowest BCUT2D eigenvalue weighted by atomic mass is 9.99. The molecule has 2 atom stereocenters. The Morgan fingerprint density at radius 2 is 2.40 bits per heavy atom. The largest absolute Gasteiger partial charge is 0.496 e. The van der Waals surface area contributed by atoms with Gasteiger partial charge in [-0.3, -0.25) is 11.3 Å². The zero-order chi connectivity index (χ0) is 14.4. The molecule has 1 aromatic rings. The summed E-state index contributed by atoms with van der Waals surface area (Å²) >= 11 is 3.51. The van der Waals surface area contributed by atoms with Gasteiger partial charge in [-0.25, -0.2) is 0 Å². The molecule has 0 saturated carbocycles. The molecule has 4 nitrogen and oxygen atoms in total. The van der Waals surface area contributed by atoms with Crippen molar-refractivity contribution in [1.82, 2.24) is 5.43 Å². The molecule has 112 valence electrons. The summed E-state index contributed by atoms with van der Waals surface area (Å²) in [6.45, 7) is 0.925. The summed E-state index contributed by atoms with van der Waals surface area (Å²) in [4.78, 5) is 0. The second kappa shape index (κ2) is 7.98. The van der Waals surface area contributed by atoms with Crippen molar-refractivity contribution in [2.24, 2.45) is 5.84 Å². The van der Waals surface area contributed by atoms with Crippen LogP contribution in [-0.2, 0) is 4.74 Å². The van der Waals surface area contributed by atoms with E-state index in [-0.39, 0.29) is 6.04 Å². The molecule has 0 bridgehead atoms. The highest BCUT2D eigenvalue weighted by Gasteiger charge is 2.17. The molecule has 0 radical (unpaired) electrons. The van der Waals surface area contributed by atoms with Crippen LogP contribution in [0.5, 0.6) is 5.75 Å². The first kappa shape index (κ1) is 15.8. The minimum absolute atomic E-state index is 0.165. The highest BCUT2D eigenvalue weighted by atomic mass is 79.9. The van der Waals surface area contributed by atoms with Crippen molar-refractivity contribution in [3.8, 4) is 5.75 Å². The van der Waals surface area contributed by atoms with Crippen molar-refractivity contribution in [2.45, 2.75) is 44.2 Å². The van der Waals surface area contributed by atoms with E-state index in [0.29, 0.717) is 6.10 Å². The fourth-order valence-corrected chi connectivity index (χ4v) is 3.23. The normalized spacial score (nSPS) is 20.1. The van der Waals surface area contributed by atoms with Gasteiger partial charge in [-0.1, -0.05) is 6.07 Å². The number of hydrogen-bond acceptors (Lipinski definition) is 4. The smallest absolute Gasteiger partial charge is 0.133 e. The average Bonchev–Trinajstić information content (AvgIpc) is 2.97. The van der Waals surface area contributed by atoms with Crippen LogP contribution in [0.15, 0.2) is 22.7 Å². The van der Waals surface area contributed by atoms with Gasteiger partial charge in [-0.2, -0.15) is 0 Å². The highest BCUT2D eigenvalue weighted by Crippen LogP contribution is 2.30. The summed E-state index contributed by atoms with van der Waals surface area (Å²) in [5.74, 6) is 6.53. The Balaban J connectivity index is 1.88. The molecule has 0 amide bonds. The molecule has 0 aliphatic carbocycles. The second-order valence-electron chi connectivity index (χ2n) is 5.18. The summed E-state index contributed by atoms with van der Waals surface area (Å²) in [5, 5.41) is 0. The molecule has 5 heteroatoms. The number of hydrogen-bond donors (Lipinski definition) is 2. The van der Waals surface area contributed by atoms with Crippen LogP contribution in [0.25, 0.3) is 0 Å². The number of hydrazine groups is 1. The van der Waals surface area contributed by atoms with E-state index >= 15 is 0 Å². The molecule has 1 aliphatic rings. The second-order valence-corrected chi connectivity index (χ2v) is 6.03. The Labute approximate surface area is 129 Å². The van der Waals surface area contributed by atoms with E-state index in [4.69, 9.17) is 15.3 Å². The Bertz CT molecular complexity index is 422. The van der Waals surface area contributed by atoms with Gasteiger partial charge in [-0.05, 0) is 65.7 Å². The van der Waals surface area contributed by atoms with Crippen molar-refractivity contribution >= 4 is 15.9 Å². The molecule has 1 saturated heterocycles. The first-order valence-corrected chi connectivity index (χ1v) is 7.95. The molecule has 0 spiro atoms. The van der Waals surface area contributed by atoms with Gasteiger partial charge >= 0.3 is 0 Å². The Morgan fingerprint density at radius 1 is 1.55 bits per heavy atom. The van der Waals surface area contributed by atoms with E-state index in [0.717, 1.165) is 36.1 Å². The lowest BCUT2D eigenvalue weighted by Gasteiger charge is -2.18. The zero-order valence-corrected chi connectivity index (χ0v) is 13.5. The third-order valence-electron chi connectivity index (χ3n) is 3.82. The minimum Gasteiger partial charge on any atom is -0.496 e. The monoisotopic (exact) mass is 342 g/mol. The van der Waals surface area contributed by atoms with Crippen molar-refractivity contribution in [1.29, 1.82) is 0 Å². The summed E-state index contributed by atoms with van der Waals surface area (Å²) in [6.07, 6.45) is 6.10. The summed E-state index contributed by atoms with van der Waals surface area (Å²) in [5.41, 5.74) is 4.08. The number of nitrogens with two attached hydrogens (primary N) is 1. The number of ether oxygens (including phenoxy) is 2. The Hall–Kier alpha value is -0.620. The zero-order valence-electron chi connectivity index (χ0n) is 11.9. The average molecular weight is 343 g/mol. The van der Waals surface area contributed by atoms with Crippen molar-refractivity contribution in [3.05, 3.63) is 28.2 Å². The predicted octanol–water partition coefficient (Wildman–Crippen LogP) is 3.31. The van der Waals surface area contributed by atoms with Crippen LogP contribution >= 0.6 is 15.9 Å². The molecular weight excluding hydrogens is 320 g/mol.